The molecule has 2 aliphatic rings. The number of hydrogen-bond acceptors (Lipinski definition) is 0. The Hall–Kier alpha value is -1.65. The molecule has 0 saturated heterocycles. The van der Waals surface area contributed by atoms with Crippen molar-refractivity contribution >= 4 is 18.5 Å². The summed E-state index contributed by atoms with van der Waals surface area (Å²) in [6, 6.07) is 22.4. The maximum Gasteiger partial charge on any atom is -0.00257 e. The van der Waals surface area contributed by atoms with Gasteiger partial charge < -0.3 is 0 Å². The Morgan fingerprint density at radius 2 is 1.39 bits per heavy atom. The van der Waals surface area contributed by atoms with Gasteiger partial charge in [0, 0.05) is 0 Å². The lowest BCUT2D eigenvalue weighted by atomic mass is 9.91. The molecule has 0 saturated carbocycles. The van der Waals surface area contributed by atoms with Crippen LogP contribution in [-0.4, -0.2) is 5.66 Å². The summed E-state index contributed by atoms with van der Waals surface area (Å²) >= 11 is 0. The standard InChI is InChI=1S/C22H23P/c1-3-12-19(13-4-1)23(20-14-5-2-6-15-20)22-17-9-16-21(22)18-10-7-8-11-18/h1-7,9-10,12-16,18,21-22H,8,11,17H2/t18-,21-,22?/m1/s1. The van der Waals surface area contributed by atoms with Crippen LogP contribution in [-0.2, 0) is 0 Å². The molecule has 1 heteroatoms. The number of hydrogen-bond donors (Lipinski definition) is 0. The fourth-order valence-corrected chi connectivity index (χ4v) is 7.10. The highest BCUT2D eigenvalue weighted by atomic mass is 31.1. The van der Waals surface area contributed by atoms with Crippen molar-refractivity contribution in [1.29, 1.82) is 0 Å². The number of allylic oxidation sites excluding steroid dienone is 4. The van der Waals surface area contributed by atoms with Gasteiger partial charge in [-0.2, -0.15) is 0 Å². The van der Waals surface area contributed by atoms with Crippen LogP contribution < -0.4 is 10.6 Å². The SMILES string of the molecule is C1=C[C@@H]([C@H]2C=CCC2P(c2ccccc2)c2ccccc2)CC1. The topological polar surface area (TPSA) is 0 Å². The quantitative estimate of drug-likeness (QED) is 0.548. The third kappa shape index (κ3) is 3.06. The summed E-state index contributed by atoms with van der Waals surface area (Å²) in [5, 5.41) is 3.05. The van der Waals surface area contributed by atoms with Crippen LogP contribution in [0.5, 0.6) is 0 Å². The molecule has 0 bridgehead atoms. The molecule has 0 aromatic heterocycles. The predicted octanol–water partition coefficient (Wildman–Crippen LogP) is 5.03. The van der Waals surface area contributed by atoms with E-state index in [9.17, 15) is 0 Å². The van der Waals surface area contributed by atoms with Crippen LogP contribution in [0.2, 0.25) is 0 Å². The van der Waals surface area contributed by atoms with Crippen molar-refractivity contribution in [3.63, 3.8) is 0 Å². The van der Waals surface area contributed by atoms with E-state index in [4.69, 9.17) is 0 Å². The average molecular weight is 318 g/mol. The van der Waals surface area contributed by atoms with Gasteiger partial charge in [-0.1, -0.05) is 85.0 Å². The van der Waals surface area contributed by atoms with Crippen LogP contribution in [0.4, 0.5) is 0 Å². The Kier molecular flexibility index (Phi) is 4.44. The summed E-state index contributed by atoms with van der Waals surface area (Å²) in [5.74, 6) is 1.46. The molecule has 116 valence electrons. The molecule has 2 aliphatic carbocycles. The van der Waals surface area contributed by atoms with Gasteiger partial charge in [-0.05, 0) is 55.3 Å². The molecule has 0 amide bonds. The molecule has 23 heavy (non-hydrogen) atoms. The average Bonchev–Trinajstić information content (AvgIpc) is 3.28. The molecule has 1 unspecified atom stereocenters. The molecule has 2 aromatic carbocycles. The summed E-state index contributed by atoms with van der Waals surface area (Å²) in [7, 11) is -0.304. The van der Waals surface area contributed by atoms with Gasteiger partial charge in [0.15, 0.2) is 0 Å². The Balaban J connectivity index is 1.72. The Morgan fingerprint density at radius 1 is 0.739 bits per heavy atom. The highest BCUT2D eigenvalue weighted by Gasteiger charge is 2.36. The van der Waals surface area contributed by atoms with E-state index in [1.54, 1.807) is 0 Å². The second-order valence-corrected chi connectivity index (χ2v) is 8.96. The Labute approximate surface area is 140 Å². The van der Waals surface area contributed by atoms with E-state index in [1.165, 1.54) is 29.9 Å². The molecule has 4 rings (SSSR count). The van der Waals surface area contributed by atoms with E-state index in [0.29, 0.717) is 5.92 Å². The molecule has 0 fully saturated rings. The molecular weight excluding hydrogens is 295 g/mol. The summed E-state index contributed by atoms with van der Waals surface area (Å²) in [5.41, 5.74) is 0.738. The van der Waals surface area contributed by atoms with Crippen LogP contribution in [0.3, 0.4) is 0 Å². The number of benzene rings is 2. The van der Waals surface area contributed by atoms with Crippen LogP contribution in [0, 0.1) is 11.8 Å². The van der Waals surface area contributed by atoms with Crippen molar-refractivity contribution in [3.8, 4) is 0 Å². The first-order chi connectivity index (χ1) is 11.4. The van der Waals surface area contributed by atoms with Crippen molar-refractivity contribution in [2.24, 2.45) is 11.8 Å². The summed E-state index contributed by atoms with van der Waals surface area (Å²) in [4.78, 5) is 0. The molecule has 0 aliphatic heterocycles. The fraction of sp³-hybridized carbons (Fsp3) is 0.273. The van der Waals surface area contributed by atoms with Crippen molar-refractivity contribution in [1.82, 2.24) is 0 Å². The van der Waals surface area contributed by atoms with E-state index in [-0.39, 0.29) is 7.92 Å². The minimum atomic E-state index is -0.304. The highest BCUT2D eigenvalue weighted by Crippen LogP contribution is 2.51. The largest absolute Gasteiger partial charge is 0.0882 e. The second kappa shape index (κ2) is 6.85. The Morgan fingerprint density at radius 3 is 1.96 bits per heavy atom. The summed E-state index contributed by atoms with van der Waals surface area (Å²) < 4.78 is 0. The van der Waals surface area contributed by atoms with E-state index >= 15 is 0 Å². The van der Waals surface area contributed by atoms with Gasteiger partial charge in [0.1, 0.15) is 0 Å². The molecule has 0 spiro atoms. The molecule has 0 radical (unpaired) electrons. The first-order valence-corrected chi connectivity index (χ1v) is 10.1. The molecule has 3 atom stereocenters. The van der Waals surface area contributed by atoms with Gasteiger partial charge in [0.2, 0.25) is 0 Å². The molecule has 0 heterocycles. The highest BCUT2D eigenvalue weighted by molar-refractivity contribution is 7.73. The van der Waals surface area contributed by atoms with Crippen molar-refractivity contribution in [2.75, 3.05) is 0 Å². The minimum absolute atomic E-state index is 0.304. The van der Waals surface area contributed by atoms with Gasteiger partial charge in [0.25, 0.3) is 0 Å². The lowest BCUT2D eigenvalue weighted by Gasteiger charge is -2.32. The van der Waals surface area contributed by atoms with Crippen LogP contribution in [0.15, 0.2) is 85.0 Å². The maximum absolute atomic E-state index is 2.51. The monoisotopic (exact) mass is 318 g/mol. The zero-order valence-electron chi connectivity index (χ0n) is 13.4. The summed E-state index contributed by atoms with van der Waals surface area (Å²) in [6.45, 7) is 0. The van der Waals surface area contributed by atoms with E-state index in [1.807, 2.05) is 0 Å². The van der Waals surface area contributed by atoms with Gasteiger partial charge in [0.05, 0.1) is 0 Å². The minimum Gasteiger partial charge on any atom is -0.0882 e. The second-order valence-electron chi connectivity index (χ2n) is 6.52. The molecule has 0 nitrogen and oxygen atoms in total. The molecule has 2 aromatic rings. The zero-order valence-corrected chi connectivity index (χ0v) is 14.3. The van der Waals surface area contributed by atoms with Gasteiger partial charge >= 0.3 is 0 Å². The third-order valence-electron chi connectivity index (χ3n) is 5.12. The fourth-order valence-electron chi connectivity index (χ4n) is 4.05. The number of rotatable bonds is 4. The van der Waals surface area contributed by atoms with Gasteiger partial charge in [-0.3, -0.25) is 0 Å². The maximum atomic E-state index is 2.51. The van der Waals surface area contributed by atoms with Gasteiger partial charge in [-0.25, -0.2) is 0 Å². The van der Waals surface area contributed by atoms with Crippen LogP contribution in [0.1, 0.15) is 19.3 Å². The molecular formula is C22H23P. The lowest BCUT2D eigenvalue weighted by molar-refractivity contribution is 0.467. The van der Waals surface area contributed by atoms with Crippen molar-refractivity contribution in [2.45, 2.75) is 24.9 Å². The van der Waals surface area contributed by atoms with Crippen LogP contribution >= 0.6 is 7.92 Å². The van der Waals surface area contributed by atoms with E-state index < -0.39 is 0 Å². The lowest BCUT2D eigenvalue weighted by Crippen LogP contribution is -2.28. The van der Waals surface area contributed by atoms with Crippen molar-refractivity contribution < 1.29 is 0 Å². The third-order valence-corrected chi connectivity index (χ3v) is 8.05. The van der Waals surface area contributed by atoms with Crippen molar-refractivity contribution in [3.05, 3.63) is 85.0 Å². The predicted molar refractivity (Wildman–Crippen MR) is 102 cm³/mol. The first kappa shape index (κ1) is 14.9. The first-order valence-electron chi connectivity index (χ1n) is 8.66. The van der Waals surface area contributed by atoms with Gasteiger partial charge in [-0.15, -0.1) is 0 Å². The molecule has 0 N–H and O–H groups in total. The van der Waals surface area contributed by atoms with Crippen LogP contribution in [0.25, 0.3) is 0 Å². The van der Waals surface area contributed by atoms with E-state index in [2.05, 4.69) is 85.0 Å². The Bertz CT molecular complexity index is 647. The summed E-state index contributed by atoms with van der Waals surface area (Å²) in [6.07, 6.45) is 13.6. The smallest absolute Gasteiger partial charge is 0.00257 e. The zero-order chi connectivity index (χ0) is 15.5. The van der Waals surface area contributed by atoms with E-state index in [0.717, 1.165) is 11.6 Å². The normalized spacial score (nSPS) is 26.2.